The number of rotatable bonds is 6. The zero-order valence-corrected chi connectivity index (χ0v) is 12.1. The highest BCUT2D eigenvalue weighted by molar-refractivity contribution is 5.87. The Labute approximate surface area is 123 Å². The standard InChI is InChI=1S/C15H19NO5/c1-20-8-7-16-13(17)9-11(15(18)19)14(16)10-5-3-4-6-12(10)21-2/h3-6,11,14H,7-9H2,1-2H3,(H,18,19). The Balaban J connectivity index is 2.41. The van der Waals surface area contributed by atoms with Gasteiger partial charge in [0.15, 0.2) is 0 Å². The van der Waals surface area contributed by atoms with Gasteiger partial charge in [-0.3, -0.25) is 9.59 Å². The molecule has 1 aromatic carbocycles. The highest BCUT2D eigenvalue weighted by atomic mass is 16.5. The van der Waals surface area contributed by atoms with Crippen molar-refractivity contribution >= 4 is 11.9 Å². The van der Waals surface area contributed by atoms with Crippen molar-refractivity contribution in [1.82, 2.24) is 4.90 Å². The second kappa shape index (κ2) is 6.58. The number of hydrogen-bond acceptors (Lipinski definition) is 4. The molecule has 0 aromatic heterocycles. The number of para-hydroxylation sites is 1. The van der Waals surface area contributed by atoms with Crippen LogP contribution in [0.2, 0.25) is 0 Å². The van der Waals surface area contributed by atoms with Gasteiger partial charge in [-0.05, 0) is 6.07 Å². The molecule has 1 amide bonds. The second-order valence-electron chi connectivity index (χ2n) is 4.92. The van der Waals surface area contributed by atoms with Crippen molar-refractivity contribution < 1.29 is 24.2 Å². The number of hydrogen-bond donors (Lipinski definition) is 1. The van der Waals surface area contributed by atoms with Gasteiger partial charge >= 0.3 is 5.97 Å². The predicted molar refractivity (Wildman–Crippen MR) is 75.1 cm³/mol. The fourth-order valence-corrected chi connectivity index (χ4v) is 2.76. The van der Waals surface area contributed by atoms with E-state index in [0.717, 1.165) is 0 Å². The van der Waals surface area contributed by atoms with E-state index in [0.29, 0.717) is 24.5 Å². The summed E-state index contributed by atoms with van der Waals surface area (Å²) in [5.74, 6) is -1.33. The Bertz CT molecular complexity index is 531. The minimum atomic E-state index is -0.973. The van der Waals surface area contributed by atoms with Crippen LogP contribution in [-0.2, 0) is 14.3 Å². The van der Waals surface area contributed by atoms with E-state index in [1.165, 1.54) is 7.11 Å². The fraction of sp³-hybridized carbons (Fsp3) is 0.467. The van der Waals surface area contributed by atoms with Crippen LogP contribution in [0.4, 0.5) is 0 Å². The summed E-state index contributed by atoms with van der Waals surface area (Å²) in [6.07, 6.45) is 0.00175. The van der Waals surface area contributed by atoms with Crippen molar-refractivity contribution in [2.45, 2.75) is 12.5 Å². The molecule has 0 bridgehead atoms. The molecular formula is C15H19NO5. The van der Waals surface area contributed by atoms with E-state index in [2.05, 4.69) is 0 Å². The molecule has 0 saturated carbocycles. The van der Waals surface area contributed by atoms with E-state index in [-0.39, 0.29) is 12.3 Å². The summed E-state index contributed by atoms with van der Waals surface area (Å²) < 4.78 is 10.3. The molecule has 0 radical (unpaired) electrons. The molecule has 6 heteroatoms. The molecule has 2 atom stereocenters. The maximum Gasteiger partial charge on any atom is 0.309 e. The summed E-state index contributed by atoms with van der Waals surface area (Å²) in [5.41, 5.74) is 0.717. The summed E-state index contributed by atoms with van der Waals surface area (Å²) in [7, 11) is 3.08. The lowest BCUT2D eigenvalue weighted by molar-refractivity contribution is -0.142. The Kier molecular flexibility index (Phi) is 4.80. The average molecular weight is 293 g/mol. The van der Waals surface area contributed by atoms with Gasteiger partial charge in [0.05, 0.1) is 25.7 Å². The number of carboxylic acid groups (broad SMARTS) is 1. The zero-order chi connectivity index (χ0) is 15.4. The third kappa shape index (κ3) is 3.00. The Morgan fingerprint density at radius 1 is 1.38 bits per heavy atom. The van der Waals surface area contributed by atoms with Crippen LogP contribution in [0.25, 0.3) is 0 Å². The summed E-state index contributed by atoms with van der Waals surface area (Å²) in [6, 6.07) is 6.67. The van der Waals surface area contributed by atoms with Crippen LogP contribution >= 0.6 is 0 Å². The first kappa shape index (κ1) is 15.3. The van der Waals surface area contributed by atoms with Crippen molar-refractivity contribution in [3.63, 3.8) is 0 Å². The fourth-order valence-electron chi connectivity index (χ4n) is 2.76. The van der Waals surface area contributed by atoms with Gasteiger partial charge in [0.25, 0.3) is 0 Å². The maximum atomic E-state index is 12.1. The first-order valence-electron chi connectivity index (χ1n) is 6.74. The number of methoxy groups -OCH3 is 2. The Morgan fingerprint density at radius 2 is 2.10 bits per heavy atom. The monoisotopic (exact) mass is 293 g/mol. The van der Waals surface area contributed by atoms with Gasteiger partial charge in [0.1, 0.15) is 5.75 Å². The SMILES string of the molecule is COCCN1C(=O)CC(C(=O)O)C1c1ccccc1OC. The average Bonchev–Trinajstić information content (AvgIpc) is 2.82. The van der Waals surface area contributed by atoms with E-state index in [1.54, 1.807) is 24.1 Å². The van der Waals surface area contributed by atoms with E-state index in [4.69, 9.17) is 9.47 Å². The molecule has 1 N–H and O–H groups in total. The molecule has 2 rings (SSSR count). The van der Waals surface area contributed by atoms with Gasteiger partial charge in [-0.2, -0.15) is 0 Å². The van der Waals surface area contributed by atoms with E-state index in [9.17, 15) is 14.7 Å². The number of carboxylic acids is 1. The normalized spacial score (nSPS) is 21.6. The maximum absolute atomic E-state index is 12.1. The molecule has 1 aliphatic heterocycles. The Morgan fingerprint density at radius 3 is 2.71 bits per heavy atom. The van der Waals surface area contributed by atoms with Gasteiger partial charge in [0.2, 0.25) is 5.91 Å². The Hall–Kier alpha value is -2.08. The summed E-state index contributed by atoms with van der Waals surface area (Å²) >= 11 is 0. The number of carbonyl (C=O) groups is 2. The molecule has 0 aliphatic carbocycles. The molecular weight excluding hydrogens is 274 g/mol. The van der Waals surface area contributed by atoms with Crippen LogP contribution in [0, 0.1) is 5.92 Å². The molecule has 1 heterocycles. The molecule has 1 aliphatic rings. The number of ether oxygens (including phenoxy) is 2. The van der Waals surface area contributed by atoms with Crippen LogP contribution in [0.15, 0.2) is 24.3 Å². The molecule has 1 fully saturated rings. The van der Waals surface area contributed by atoms with Crippen LogP contribution in [-0.4, -0.2) is 49.3 Å². The van der Waals surface area contributed by atoms with Gasteiger partial charge in [-0.15, -0.1) is 0 Å². The summed E-state index contributed by atoms with van der Waals surface area (Å²) in [4.78, 5) is 25.2. The van der Waals surface area contributed by atoms with Crippen molar-refractivity contribution in [2.75, 3.05) is 27.4 Å². The lowest BCUT2D eigenvalue weighted by atomic mass is 9.93. The third-order valence-corrected chi connectivity index (χ3v) is 3.74. The summed E-state index contributed by atoms with van der Waals surface area (Å²) in [6.45, 7) is 0.728. The first-order valence-corrected chi connectivity index (χ1v) is 6.74. The van der Waals surface area contributed by atoms with Gasteiger partial charge in [-0.25, -0.2) is 0 Å². The number of carbonyl (C=O) groups excluding carboxylic acids is 1. The number of likely N-dealkylation sites (tertiary alicyclic amines) is 1. The quantitative estimate of drug-likeness (QED) is 0.856. The third-order valence-electron chi connectivity index (χ3n) is 3.74. The molecule has 6 nitrogen and oxygen atoms in total. The molecule has 0 spiro atoms. The minimum Gasteiger partial charge on any atom is -0.496 e. The molecule has 21 heavy (non-hydrogen) atoms. The van der Waals surface area contributed by atoms with Gasteiger partial charge in [0, 0.05) is 25.6 Å². The lowest BCUT2D eigenvalue weighted by Crippen LogP contribution is -2.33. The molecule has 114 valence electrons. The highest BCUT2D eigenvalue weighted by Gasteiger charge is 2.45. The highest BCUT2D eigenvalue weighted by Crippen LogP contribution is 2.41. The number of aliphatic carboxylic acids is 1. The zero-order valence-electron chi connectivity index (χ0n) is 12.1. The van der Waals surface area contributed by atoms with Crippen LogP contribution in [0.1, 0.15) is 18.0 Å². The van der Waals surface area contributed by atoms with E-state index in [1.807, 2.05) is 12.1 Å². The molecule has 1 aromatic rings. The van der Waals surface area contributed by atoms with Crippen molar-refractivity contribution in [3.8, 4) is 5.75 Å². The topological polar surface area (TPSA) is 76.1 Å². The van der Waals surface area contributed by atoms with Crippen molar-refractivity contribution in [3.05, 3.63) is 29.8 Å². The predicted octanol–water partition coefficient (Wildman–Crippen LogP) is 1.32. The smallest absolute Gasteiger partial charge is 0.309 e. The number of amides is 1. The lowest BCUT2D eigenvalue weighted by Gasteiger charge is -2.28. The molecule has 1 saturated heterocycles. The number of nitrogens with zero attached hydrogens (tertiary/aromatic N) is 1. The largest absolute Gasteiger partial charge is 0.496 e. The van der Waals surface area contributed by atoms with E-state index < -0.39 is 17.9 Å². The van der Waals surface area contributed by atoms with E-state index >= 15 is 0 Å². The van der Waals surface area contributed by atoms with Crippen molar-refractivity contribution in [2.24, 2.45) is 5.92 Å². The second-order valence-corrected chi connectivity index (χ2v) is 4.92. The minimum absolute atomic E-state index is 0.00175. The van der Waals surface area contributed by atoms with Crippen molar-refractivity contribution in [1.29, 1.82) is 0 Å². The van der Waals surface area contributed by atoms with Crippen LogP contribution in [0.3, 0.4) is 0 Å². The van der Waals surface area contributed by atoms with Crippen LogP contribution in [0.5, 0.6) is 5.75 Å². The number of benzene rings is 1. The first-order chi connectivity index (χ1) is 10.1. The summed E-state index contributed by atoms with van der Waals surface area (Å²) in [5, 5.41) is 9.42. The van der Waals surface area contributed by atoms with Crippen LogP contribution < -0.4 is 4.74 Å². The van der Waals surface area contributed by atoms with Gasteiger partial charge in [-0.1, -0.05) is 18.2 Å². The van der Waals surface area contributed by atoms with Gasteiger partial charge < -0.3 is 19.5 Å². The molecule has 2 unspecified atom stereocenters.